The zero-order valence-corrected chi connectivity index (χ0v) is 18.2. The number of H-pyrrole nitrogens is 1. The predicted molar refractivity (Wildman–Crippen MR) is 127 cm³/mol. The van der Waals surface area contributed by atoms with Crippen LogP contribution in [-0.2, 0) is 0 Å². The van der Waals surface area contributed by atoms with Crippen molar-refractivity contribution in [3.8, 4) is 0 Å². The number of nitrogens with one attached hydrogen (secondary N) is 1. The molecule has 6 rings (SSSR count). The summed E-state index contributed by atoms with van der Waals surface area (Å²) in [6.07, 6.45) is 2.14. The first-order valence-electron chi connectivity index (χ1n) is 9.82. The zero-order valence-electron chi connectivity index (χ0n) is 15.8. The molecule has 1 aromatic heterocycles. The van der Waals surface area contributed by atoms with Crippen LogP contribution in [0.25, 0.3) is 10.9 Å². The SMILES string of the molecule is Clc1cc2c(cc1Cl)C1=NN(c3ccccc3)C(c3c[nH]c4ccccc34)C1CS2. The molecule has 2 atom stereocenters. The van der Waals surface area contributed by atoms with Crippen molar-refractivity contribution in [3.05, 3.63) is 94.1 Å². The minimum absolute atomic E-state index is 0.105. The highest BCUT2D eigenvalue weighted by molar-refractivity contribution is 7.99. The Bertz CT molecular complexity index is 1300. The first-order valence-corrected chi connectivity index (χ1v) is 11.6. The van der Waals surface area contributed by atoms with Crippen LogP contribution in [0.4, 0.5) is 5.69 Å². The highest BCUT2D eigenvalue weighted by Gasteiger charge is 2.43. The van der Waals surface area contributed by atoms with Gasteiger partial charge in [0.2, 0.25) is 0 Å². The number of anilines is 1. The van der Waals surface area contributed by atoms with E-state index in [0.717, 1.165) is 33.1 Å². The number of hydrogen-bond donors (Lipinski definition) is 1. The largest absolute Gasteiger partial charge is 0.361 e. The number of para-hydroxylation sites is 2. The second-order valence-corrected chi connectivity index (χ2v) is 9.46. The van der Waals surface area contributed by atoms with Gasteiger partial charge in [0, 0.05) is 44.8 Å². The average Bonchev–Trinajstić information content (AvgIpc) is 3.36. The smallest absolute Gasteiger partial charge is 0.0888 e. The van der Waals surface area contributed by atoms with Crippen LogP contribution in [0, 0.1) is 5.92 Å². The molecule has 0 bridgehead atoms. The Balaban J connectivity index is 1.55. The Morgan fingerprint density at radius 2 is 1.73 bits per heavy atom. The third-order valence-corrected chi connectivity index (χ3v) is 7.79. The summed E-state index contributed by atoms with van der Waals surface area (Å²) >= 11 is 14.5. The molecular formula is C24H17Cl2N3S. The number of halogens is 2. The van der Waals surface area contributed by atoms with Gasteiger partial charge in [0.15, 0.2) is 0 Å². The van der Waals surface area contributed by atoms with E-state index in [2.05, 4.69) is 64.7 Å². The number of benzene rings is 3. The quantitative estimate of drug-likeness (QED) is 0.351. The van der Waals surface area contributed by atoms with Crippen molar-refractivity contribution in [2.75, 3.05) is 10.8 Å². The van der Waals surface area contributed by atoms with Crippen molar-refractivity contribution in [2.45, 2.75) is 10.9 Å². The average molecular weight is 450 g/mol. The molecule has 4 aromatic rings. The summed E-state index contributed by atoms with van der Waals surface area (Å²) in [6.45, 7) is 0. The second kappa shape index (κ2) is 7.09. The van der Waals surface area contributed by atoms with Crippen molar-refractivity contribution in [1.29, 1.82) is 0 Å². The number of nitrogens with zero attached hydrogens (tertiary/aromatic N) is 2. The Kier molecular flexibility index (Phi) is 4.34. The molecule has 6 heteroatoms. The van der Waals surface area contributed by atoms with E-state index in [1.165, 1.54) is 10.9 Å². The molecule has 0 radical (unpaired) electrons. The molecule has 3 aromatic carbocycles. The first-order chi connectivity index (χ1) is 14.7. The third kappa shape index (κ3) is 2.78. The summed E-state index contributed by atoms with van der Waals surface area (Å²) in [6, 6.07) is 22.9. The van der Waals surface area contributed by atoms with Crippen LogP contribution in [0.15, 0.2) is 82.9 Å². The third-order valence-electron chi connectivity index (χ3n) is 5.89. The Morgan fingerprint density at radius 3 is 2.60 bits per heavy atom. The molecule has 2 aliphatic rings. The second-order valence-electron chi connectivity index (χ2n) is 7.58. The fourth-order valence-electron chi connectivity index (χ4n) is 4.51. The van der Waals surface area contributed by atoms with Gasteiger partial charge in [-0.25, -0.2) is 0 Å². The Morgan fingerprint density at radius 1 is 0.967 bits per heavy atom. The van der Waals surface area contributed by atoms with Gasteiger partial charge in [-0.1, -0.05) is 59.6 Å². The number of rotatable bonds is 2. The van der Waals surface area contributed by atoms with Gasteiger partial charge in [-0.05, 0) is 30.3 Å². The van der Waals surface area contributed by atoms with Gasteiger partial charge in [-0.15, -0.1) is 11.8 Å². The van der Waals surface area contributed by atoms with Gasteiger partial charge >= 0.3 is 0 Å². The lowest BCUT2D eigenvalue weighted by atomic mass is 9.87. The standard InChI is InChI=1S/C24H17Cl2N3S/c25-19-10-16-22(11-20(19)26)30-13-18-23(16)28-29(14-6-2-1-3-7-14)24(18)17-12-27-21-9-5-4-8-15(17)21/h1-12,18,24,27H,13H2. The van der Waals surface area contributed by atoms with Crippen molar-refractivity contribution in [2.24, 2.45) is 11.0 Å². The van der Waals surface area contributed by atoms with Gasteiger partial charge in [-0.3, -0.25) is 5.01 Å². The normalized spacial score (nSPS) is 20.2. The van der Waals surface area contributed by atoms with E-state index in [-0.39, 0.29) is 12.0 Å². The number of hydrazone groups is 1. The minimum atomic E-state index is 0.105. The van der Waals surface area contributed by atoms with Crippen LogP contribution in [0.3, 0.4) is 0 Å². The van der Waals surface area contributed by atoms with Crippen molar-refractivity contribution in [3.63, 3.8) is 0 Å². The minimum Gasteiger partial charge on any atom is -0.361 e. The number of aromatic nitrogens is 1. The molecule has 1 N–H and O–H groups in total. The number of fused-ring (bicyclic) bond motifs is 4. The van der Waals surface area contributed by atoms with Crippen molar-refractivity contribution in [1.82, 2.24) is 4.98 Å². The van der Waals surface area contributed by atoms with Gasteiger partial charge in [0.1, 0.15) is 0 Å². The number of hydrogen-bond acceptors (Lipinski definition) is 3. The Labute approximate surface area is 188 Å². The fourth-order valence-corrected chi connectivity index (χ4v) is 6.12. The summed E-state index contributed by atoms with van der Waals surface area (Å²) in [7, 11) is 0. The van der Waals surface area contributed by atoms with E-state index in [1.54, 1.807) is 0 Å². The topological polar surface area (TPSA) is 31.4 Å². The molecule has 2 aliphatic heterocycles. The van der Waals surface area contributed by atoms with Crippen molar-refractivity contribution >= 4 is 57.3 Å². The summed E-state index contributed by atoms with van der Waals surface area (Å²) in [5, 5.41) is 9.73. The lowest BCUT2D eigenvalue weighted by Gasteiger charge is -2.30. The molecule has 0 amide bonds. The van der Waals surface area contributed by atoms with Crippen LogP contribution < -0.4 is 5.01 Å². The maximum Gasteiger partial charge on any atom is 0.0888 e. The van der Waals surface area contributed by atoms with E-state index in [9.17, 15) is 0 Å². The molecule has 0 aliphatic carbocycles. The summed E-state index contributed by atoms with van der Waals surface area (Å²) in [4.78, 5) is 4.59. The molecule has 148 valence electrons. The van der Waals surface area contributed by atoms with E-state index in [0.29, 0.717) is 10.0 Å². The predicted octanol–water partition coefficient (Wildman–Crippen LogP) is 7.16. The summed E-state index contributed by atoms with van der Waals surface area (Å²) < 4.78 is 0. The van der Waals surface area contributed by atoms with Crippen molar-refractivity contribution < 1.29 is 0 Å². The molecule has 0 saturated heterocycles. The molecule has 0 spiro atoms. The fraction of sp³-hybridized carbons (Fsp3) is 0.125. The van der Waals surface area contributed by atoms with Gasteiger partial charge in [-0.2, -0.15) is 5.10 Å². The molecule has 3 heterocycles. The number of aromatic amines is 1. The maximum absolute atomic E-state index is 6.39. The lowest BCUT2D eigenvalue weighted by Crippen LogP contribution is -2.29. The highest BCUT2D eigenvalue weighted by Crippen LogP contribution is 2.49. The first kappa shape index (κ1) is 18.4. The molecule has 3 nitrogen and oxygen atoms in total. The van der Waals surface area contributed by atoms with E-state index < -0.39 is 0 Å². The highest BCUT2D eigenvalue weighted by atomic mass is 35.5. The summed E-state index contributed by atoms with van der Waals surface area (Å²) in [5.74, 6) is 1.19. The Hall–Kier alpha value is -2.40. The number of thioether (sulfide) groups is 1. The molecular weight excluding hydrogens is 433 g/mol. The van der Waals surface area contributed by atoms with E-state index in [1.807, 2.05) is 30.0 Å². The molecule has 2 unspecified atom stereocenters. The van der Waals surface area contributed by atoms with E-state index >= 15 is 0 Å². The van der Waals surface area contributed by atoms with Crippen LogP contribution >= 0.6 is 35.0 Å². The monoisotopic (exact) mass is 449 g/mol. The van der Waals surface area contributed by atoms with Gasteiger partial charge in [0.05, 0.1) is 27.5 Å². The molecule has 0 saturated carbocycles. The van der Waals surface area contributed by atoms with Gasteiger partial charge < -0.3 is 4.98 Å². The molecule has 0 fully saturated rings. The summed E-state index contributed by atoms with van der Waals surface area (Å²) in [5.41, 5.74) is 5.67. The van der Waals surface area contributed by atoms with E-state index in [4.69, 9.17) is 28.3 Å². The van der Waals surface area contributed by atoms with Crippen LogP contribution in [0.5, 0.6) is 0 Å². The van der Waals surface area contributed by atoms with Crippen LogP contribution in [-0.4, -0.2) is 16.4 Å². The van der Waals surface area contributed by atoms with Gasteiger partial charge in [0.25, 0.3) is 0 Å². The zero-order chi connectivity index (χ0) is 20.2. The van der Waals surface area contributed by atoms with Crippen LogP contribution in [0.2, 0.25) is 10.0 Å². The molecule has 30 heavy (non-hydrogen) atoms. The maximum atomic E-state index is 6.39. The lowest BCUT2D eigenvalue weighted by molar-refractivity contribution is 0.597. The van der Waals surface area contributed by atoms with Crippen LogP contribution in [0.1, 0.15) is 17.2 Å².